The van der Waals surface area contributed by atoms with Gasteiger partial charge in [-0.15, -0.1) is 0 Å². The number of imide groups is 1. The van der Waals surface area contributed by atoms with Crippen molar-refractivity contribution in [3.63, 3.8) is 0 Å². The van der Waals surface area contributed by atoms with Crippen molar-refractivity contribution < 1.29 is 19.1 Å². The highest BCUT2D eigenvalue weighted by molar-refractivity contribution is 6.10. The number of amides is 4. The Bertz CT molecular complexity index is 2320. The highest BCUT2D eigenvalue weighted by Crippen LogP contribution is 2.37. The Morgan fingerprint density at radius 1 is 0.873 bits per heavy atom. The number of benzene rings is 2. The number of hydrogen-bond donors (Lipinski definition) is 2. The van der Waals surface area contributed by atoms with Gasteiger partial charge in [0.2, 0.25) is 5.91 Å². The minimum atomic E-state index is -0.376. The van der Waals surface area contributed by atoms with E-state index in [1.54, 1.807) is 34.9 Å². The number of methoxy groups -OCH3 is 1. The van der Waals surface area contributed by atoms with E-state index in [0.717, 1.165) is 85.7 Å². The van der Waals surface area contributed by atoms with Crippen LogP contribution in [0.2, 0.25) is 0 Å². The van der Waals surface area contributed by atoms with Crippen LogP contribution in [0.15, 0.2) is 71.9 Å². The SMILES string of the molecule is COc1cc2nn(C3CCC(CCN4CCC(n5ccc6c(N7CCC(=O)NC7=O)cccc65)CC4)CC3)cc2cc1C(=O)Nc1cccn(C2CC2)c1=O. The Morgan fingerprint density at radius 3 is 2.42 bits per heavy atom. The summed E-state index contributed by atoms with van der Waals surface area (Å²) in [6.07, 6.45) is 16.2. The molecule has 2 aliphatic carbocycles. The summed E-state index contributed by atoms with van der Waals surface area (Å²) in [7, 11) is 1.55. The van der Waals surface area contributed by atoms with E-state index >= 15 is 0 Å². The molecule has 2 aliphatic heterocycles. The van der Waals surface area contributed by atoms with Crippen molar-refractivity contribution >= 4 is 51.0 Å². The van der Waals surface area contributed by atoms with E-state index in [1.807, 2.05) is 30.5 Å². The van der Waals surface area contributed by atoms with Crippen molar-refractivity contribution in [2.75, 3.05) is 43.5 Å². The quantitative estimate of drug-likeness (QED) is 0.163. The van der Waals surface area contributed by atoms with Gasteiger partial charge in [0.15, 0.2) is 0 Å². The van der Waals surface area contributed by atoms with E-state index in [1.165, 1.54) is 19.3 Å². The van der Waals surface area contributed by atoms with Gasteiger partial charge in [0.1, 0.15) is 11.4 Å². The van der Waals surface area contributed by atoms with Gasteiger partial charge in [0.05, 0.1) is 35.4 Å². The third-order valence-electron chi connectivity index (χ3n) is 12.3. The normalized spacial score (nSPS) is 21.3. The number of carbonyl (C=O) groups is 3. The zero-order valence-corrected chi connectivity index (χ0v) is 31.3. The molecular weight excluding hydrogens is 697 g/mol. The van der Waals surface area contributed by atoms with Crippen LogP contribution in [0.4, 0.5) is 16.2 Å². The lowest BCUT2D eigenvalue weighted by molar-refractivity contribution is -0.120. The molecule has 0 atom stereocenters. The second kappa shape index (κ2) is 14.7. The number of pyridine rings is 1. The number of anilines is 2. The predicted octanol–water partition coefficient (Wildman–Crippen LogP) is 6.65. The van der Waals surface area contributed by atoms with Gasteiger partial charge in [0, 0.05) is 73.6 Å². The van der Waals surface area contributed by atoms with E-state index in [2.05, 4.69) is 43.1 Å². The Morgan fingerprint density at radius 2 is 1.65 bits per heavy atom. The van der Waals surface area contributed by atoms with Crippen LogP contribution in [-0.2, 0) is 4.79 Å². The summed E-state index contributed by atoms with van der Waals surface area (Å²) in [5.74, 6) is 0.534. The summed E-state index contributed by atoms with van der Waals surface area (Å²) in [6.45, 7) is 3.66. The number of nitrogens with zero attached hydrogens (tertiary/aromatic N) is 6. The summed E-state index contributed by atoms with van der Waals surface area (Å²) in [6, 6.07) is 15.9. The topological polar surface area (TPSA) is 136 Å². The highest BCUT2D eigenvalue weighted by atomic mass is 16.5. The summed E-state index contributed by atoms with van der Waals surface area (Å²) in [4.78, 5) is 54.9. The Kier molecular flexibility index (Phi) is 9.41. The number of carbonyl (C=O) groups excluding carboxylic acids is 3. The molecule has 4 amide bonds. The molecule has 2 aromatic carbocycles. The van der Waals surface area contributed by atoms with Crippen LogP contribution >= 0.6 is 0 Å². The first-order valence-electron chi connectivity index (χ1n) is 19.9. The second-order valence-corrected chi connectivity index (χ2v) is 15.8. The number of nitrogens with one attached hydrogen (secondary N) is 2. The summed E-state index contributed by atoms with van der Waals surface area (Å²) >= 11 is 0. The third kappa shape index (κ3) is 7.01. The van der Waals surface area contributed by atoms with E-state index in [9.17, 15) is 19.2 Å². The Hall–Kier alpha value is -5.43. The minimum absolute atomic E-state index is 0.184. The maximum Gasteiger partial charge on any atom is 0.328 e. The smallest absolute Gasteiger partial charge is 0.328 e. The number of aromatic nitrogens is 4. The fraction of sp³-hybridized carbons (Fsp3) is 0.452. The van der Waals surface area contributed by atoms with Gasteiger partial charge in [-0.05, 0) is 107 Å². The lowest BCUT2D eigenvalue weighted by Gasteiger charge is -2.35. The van der Waals surface area contributed by atoms with Crippen LogP contribution < -0.4 is 25.8 Å². The first-order chi connectivity index (χ1) is 26.8. The maximum absolute atomic E-state index is 13.4. The molecule has 13 nitrogen and oxygen atoms in total. The summed E-state index contributed by atoms with van der Waals surface area (Å²) in [5.41, 5.74) is 3.24. The van der Waals surface area contributed by atoms with Gasteiger partial charge in [-0.1, -0.05) is 6.07 Å². The van der Waals surface area contributed by atoms with Crippen molar-refractivity contribution in [3.05, 3.63) is 83.0 Å². The van der Waals surface area contributed by atoms with Crippen LogP contribution in [-0.4, -0.2) is 74.9 Å². The molecule has 286 valence electrons. The average Bonchev–Trinajstić information content (AvgIpc) is 3.81. The third-order valence-corrected chi connectivity index (χ3v) is 12.3. The first kappa shape index (κ1) is 35.3. The van der Waals surface area contributed by atoms with Gasteiger partial charge in [-0.25, -0.2) is 4.79 Å². The zero-order valence-electron chi connectivity index (χ0n) is 31.3. The van der Waals surface area contributed by atoms with Crippen molar-refractivity contribution in [2.24, 2.45) is 5.92 Å². The van der Waals surface area contributed by atoms with Crippen LogP contribution in [0, 0.1) is 5.92 Å². The molecule has 4 fully saturated rings. The van der Waals surface area contributed by atoms with Gasteiger partial charge in [-0.2, -0.15) is 5.10 Å². The van der Waals surface area contributed by atoms with Crippen molar-refractivity contribution in [1.29, 1.82) is 0 Å². The standard InChI is InChI=1S/C42H48N8O5/c1-55-38-25-35-28(24-33(38)40(52)43-34-4-3-18-48(41(34)53)29-11-12-29)26-50(45-35)31-9-7-27(8-10-31)13-19-46-20-14-30(15-21-46)47-22-16-32-36(47)5-2-6-37(32)49-23-17-39(51)44-42(49)54/h2-6,16,18,22,24-27,29-31H,7-15,17,19-21,23H2,1H3,(H,43,52)(H,44,51,54). The number of ether oxygens (including phenoxy) is 1. The second-order valence-electron chi connectivity index (χ2n) is 15.8. The molecule has 0 spiro atoms. The van der Waals surface area contributed by atoms with Gasteiger partial charge in [0.25, 0.3) is 11.5 Å². The summed E-state index contributed by atoms with van der Waals surface area (Å²) in [5, 5.41) is 12.1. The van der Waals surface area contributed by atoms with Crippen LogP contribution in [0.25, 0.3) is 21.8 Å². The van der Waals surface area contributed by atoms with E-state index in [-0.39, 0.29) is 35.1 Å². The minimum Gasteiger partial charge on any atom is -0.496 e. The first-order valence-corrected chi connectivity index (χ1v) is 19.9. The van der Waals surface area contributed by atoms with Gasteiger partial charge >= 0.3 is 6.03 Å². The molecule has 4 aliphatic rings. The van der Waals surface area contributed by atoms with Crippen molar-refractivity contribution in [3.8, 4) is 5.75 Å². The molecule has 13 heteroatoms. The number of likely N-dealkylation sites (tertiary alicyclic amines) is 1. The highest BCUT2D eigenvalue weighted by Gasteiger charge is 2.29. The maximum atomic E-state index is 13.4. The molecule has 0 unspecified atom stereocenters. The van der Waals surface area contributed by atoms with Crippen LogP contribution in [0.5, 0.6) is 5.75 Å². The van der Waals surface area contributed by atoms with Gasteiger partial charge in [-0.3, -0.25) is 29.3 Å². The molecule has 3 aromatic heterocycles. The Balaban J connectivity index is 0.775. The number of piperidine rings is 1. The molecule has 0 radical (unpaired) electrons. The zero-order chi connectivity index (χ0) is 37.6. The van der Waals surface area contributed by atoms with Gasteiger partial charge < -0.3 is 24.1 Å². The fourth-order valence-corrected chi connectivity index (χ4v) is 9.04. The van der Waals surface area contributed by atoms with Crippen LogP contribution in [0.3, 0.4) is 0 Å². The molecule has 0 bridgehead atoms. The molecular formula is C42H48N8O5. The largest absolute Gasteiger partial charge is 0.496 e. The lowest BCUT2D eigenvalue weighted by Crippen LogP contribution is -2.49. The van der Waals surface area contributed by atoms with Crippen molar-refractivity contribution in [2.45, 2.75) is 82.3 Å². The lowest BCUT2D eigenvalue weighted by atomic mass is 9.84. The molecule has 2 saturated heterocycles. The number of urea groups is 1. The summed E-state index contributed by atoms with van der Waals surface area (Å²) < 4.78 is 11.8. The predicted molar refractivity (Wildman–Crippen MR) is 211 cm³/mol. The molecule has 5 aromatic rings. The van der Waals surface area contributed by atoms with Crippen LogP contribution in [0.1, 0.15) is 92.7 Å². The monoisotopic (exact) mass is 744 g/mol. The van der Waals surface area contributed by atoms with E-state index in [4.69, 9.17) is 9.84 Å². The molecule has 2 saturated carbocycles. The van der Waals surface area contributed by atoms with E-state index in [0.29, 0.717) is 42.3 Å². The van der Waals surface area contributed by atoms with E-state index < -0.39 is 0 Å². The molecule has 9 rings (SSSR count). The van der Waals surface area contributed by atoms with Crippen molar-refractivity contribution in [1.82, 2.24) is 29.1 Å². The molecule has 5 heterocycles. The Labute approximate surface area is 319 Å². The number of fused-ring (bicyclic) bond motifs is 2. The number of rotatable bonds is 10. The molecule has 2 N–H and O–H groups in total. The fourth-order valence-electron chi connectivity index (χ4n) is 9.04. The number of hydrogen-bond acceptors (Lipinski definition) is 7. The average molecular weight is 745 g/mol. The molecule has 55 heavy (non-hydrogen) atoms.